The number of rotatable bonds is 4. The smallest absolute Gasteiger partial charge is 0.308 e. The maximum atomic E-state index is 12.2. The number of hydrogen-bond acceptors (Lipinski definition) is 4. The van der Waals surface area contributed by atoms with E-state index in [4.69, 9.17) is 4.74 Å². The Morgan fingerprint density at radius 1 is 0.870 bits per heavy atom. The average Bonchev–Trinajstić information content (AvgIpc) is 2.47. The number of nitrogens with one attached hydrogen (secondary N) is 2. The van der Waals surface area contributed by atoms with Gasteiger partial charge >= 0.3 is 5.97 Å². The predicted octanol–water partition coefficient (Wildman–Crippen LogP) is 2.82. The summed E-state index contributed by atoms with van der Waals surface area (Å²) in [5.74, 6) is -0.554. The Hall–Kier alpha value is -3.15. The van der Waals surface area contributed by atoms with Gasteiger partial charge in [0.1, 0.15) is 5.75 Å². The molecule has 0 unspecified atom stereocenters. The van der Waals surface area contributed by atoms with Crippen molar-refractivity contribution in [1.29, 1.82) is 0 Å². The Labute approximate surface area is 133 Å². The van der Waals surface area contributed by atoms with Gasteiger partial charge in [-0.25, -0.2) is 0 Å². The van der Waals surface area contributed by atoms with Crippen LogP contribution in [0, 0.1) is 0 Å². The van der Waals surface area contributed by atoms with Crippen LogP contribution >= 0.6 is 0 Å². The molecular formula is C17H16N2O4. The Kier molecular flexibility index (Phi) is 5.09. The number of amides is 2. The fourth-order valence-corrected chi connectivity index (χ4v) is 1.91. The minimum Gasteiger partial charge on any atom is -0.427 e. The topological polar surface area (TPSA) is 84.5 Å². The Bertz CT molecular complexity index is 739. The zero-order valence-corrected chi connectivity index (χ0v) is 12.8. The molecule has 0 bridgehead atoms. The highest BCUT2D eigenvalue weighted by Gasteiger charge is 2.07. The molecule has 2 N–H and O–H groups in total. The number of hydrogen-bond donors (Lipinski definition) is 2. The summed E-state index contributed by atoms with van der Waals surface area (Å²) in [5.41, 5.74) is 1.57. The van der Waals surface area contributed by atoms with E-state index in [-0.39, 0.29) is 11.8 Å². The van der Waals surface area contributed by atoms with Crippen molar-refractivity contribution in [2.75, 3.05) is 10.6 Å². The van der Waals surface area contributed by atoms with Crippen LogP contribution in [-0.2, 0) is 9.59 Å². The second kappa shape index (κ2) is 7.22. The lowest BCUT2D eigenvalue weighted by atomic mass is 10.2. The molecule has 2 amide bonds. The molecule has 2 aromatic carbocycles. The average molecular weight is 312 g/mol. The number of esters is 1. The van der Waals surface area contributed by atoms with Gasteiger partial charge in [0.25, 0.3) is 5.91 Å². The van der Waals surface area contributed by atoms with E-state index in [1.807, 2.05) is 0 Å². The first-order valence-electron chi connectivity index (χ1n) is 6.91. The van der Waals surface area contributed by atoms with Crippen LogP contribution < -0.4 is 15.4 Å². The lowest BCUT2D eigenvalue weighted by Crippen LogP contribution is -2.12. The molecule has 0 aromatic heterocycles. The van der Waals surface area contributed by atoms with Gasteiger partial charge in [-0.1, -0.05) is 6.07 Å². The van der Waals surface area contributed by atoms with Crippen LogP contribution in [0.4, 0.5) is 11.4 Å². The first kappa shape index (κ1) is 16.2. The maximum Gasteiger partial charge on any atom is 0.308 e. The highest BCUT2D eigenvalue weighted by atomic mass is 16.5. The second-order valence-electron chi connectivity index (χ2n) is 4.83. The zero-order valence-electron chi connectivity index (χ0n) is 12.8. The molecule has 0 atom stereocenters. The summed E-state index contributed by atoms with van der Waals surface area (Å²) >= 11 is 0. The van der Waals surface area contributed by atoms with Gasteiger partial charge in [-0.05, 0) is 36.4 Å². The first-order valence-corrected chi connectivity index (χ1v) is 6.91. The van der Waals surface area contributed by atoms with Gasteiger partial charge in [0, 0.05) is 36.9 Å². The number of carbonyl (C=O) groups is 3. The Morgan fingerprint density at radius 2 is 1.57 bits per heavy atom. The number of benzene rings is 2. The number of carbonyl (C=O) groups excluding carboxylic acids is 3. The third-order valence-corrected chi connectivity index (χ3v) is 2.82. The second-order valence-corrected chi connectivity index (χ2v) is 4.83. The summed E-state index contributed by atoms with van der Waals surface area (Å²) in [6, 6.07) is 13.1. The third kappa shape index (κ3) is 4.96. The summed E-state index contributed by atoms with van der Waals surface area (Å²) in [5, 5.41) is 5.34. The molecular weight excluding hydrogens is 296 g/mol. The van der Waals surface area contributed by atoms with E-state index >= 15 is 0 Å². The van der Waals surface area contributed by atoms with Crippen molar-refractivity contribution in [3.05, 3.63) is 54.1 Å². The predicted molar refractivity (Wildman–Crippen MR) is 86.4 cm³/mol. The Balaban J connectivity index is 2.06. The molecule has 2 rings (SSSR count). The van der Waals surface area contributed by atoms with Crippen molar-refractivity contribution >= 4 is 29.2 Å². The molecule has 2 aromatic rings. The molecule has 23 heavy (non-hydrogen) atoms. The van der Waals surface area contributed by atoms with Crippen molar-refractivity contribution in [3.63, 3.8) is 0 Å². The molecule has 0 spiro atoms. The van der Waals surface area contributed by atoms with E-state index in [1.165, 1.54) is 13.8 Å². The van der Waals surface area contributed by atoms with Crippen molar-refractivity contribution in [2.24, 2.45) is 0 Å². The SMILES string of the molecule is CC(=O)Nc1ccc(C(=O)Nc2cccc(OC(C)=O)c2)cc1. The fourth-order valence-electron chi connectivity index (χ4n) is 1.91. The summed E-state index contributed by atoms with van der Waals surface area (Å²) in [6.45, 7) is 2.72. The molecule has 0 aliphatic carbocycles. The minimum atomic E-state index is -0.429. The summed E-state index contributed by atoms with van der Waals surface area (Å²) in [6.07, 6.45) is 0. The minimum absolute atomic E-state index is 0.176. The van der Waals surface area contributed by atoms with Crippen LogP contribution in [0.2, 0.25) is 0 Å². The van der Waals surface area contributed by atoms with Crippen LogP contribution in [0.5, 0.6) is 5.75 Å². The molecule has 6 nitrogen and oxygen atoms in total. The lowest BCUT2D eigenvalue weighted by molar-refractivity contribution is -0.131. The number of ether oxygens (including phenoxy) is 1. The summed E-state index contributed by atoms with van der Waals surface area (Å²) in [7, 11) is 0. The zero-order chi connectivity index (χ0) is 16.8. The van der Waals surface area contributed by atoms with Gasteiger partial charge < -0.3 is 15.4 Å². The third-order valence-electron chi connectivity index (χ3n) is 2.82. The van der Waals surface area contributed by atoms with Gasteiger partial charge in [-0.3, -0.25) is 14.4 Å². The monoisotopic (exact) mass is 312 g/mol. The maximum absolute atomic E-state index is 12.2. The Morgan fingerprint density at radius 3 is 2.17 bits per heavy atom. The van der Waals surface area contributed by atoms with Crippen LogP contribution in [0.25, 0.3) is 0 Å². The number of anilines is 2. The van der Waals surface area contributed by atoms with Gasteiger partial charge in [0.2, 0.25) is 5.91 Å². The molecule has 0 aliphatic heterocycles. The van der Waals surface area contributed by atoms with Gasteiger partial charge in [0.15, 0.2) is 0 Å². The van der Waals surface area contributed by atoms with Gasteiger partial charge in [0.05, 0.1) is 0 Å². The normalized spacial score (nSPS) is 9.83. The van der Waals surface area contributed by atoms with E-state index in [1.54, 1.807) is 48.5 Å². The van der Waals surface area contributed by atoms with Crippen molar-refractivity contribution in [1.82, 2.24) is 0 Å². The van der Waals surface area contributed by atoms with E-state index in [0.717, 1.165) is 0 Å². The van der Waals surface area contributed by atoms with Crippen molar-refractivity contribution in [3.8, 4) is 5.75 Å². The standard InChI is InChI=1S/C17H16N2O4/c1-11(20)18-14-8-6-13(7-9-14)17(22)19-15-4-3-5-16(10-15)23-12(2)21/h3-10H,1-2H3,(H,18,20)(H,19,22). The van der Waals surface area contributed by atoms with Crippen molar-refractivity contribution < 1.29 is 19.1 Å². The van der Waals surface area contributed by atoms with E-state index in [9.17, 15) is 14.4 Å². The fraction of sp³-hybridized carbons (Fsp3) is 0.118. The summed E-state index contributed by atoms with van der Waals surface area (Å²) < 4.78 is 4.96. The highest BCUT2D eigenvalue weighted by Crippen LogP contribution is 2.18. The van der Waals surface area contributed by atoms with E-state index in [2.05, 4.69) is 10.6 Å². The van der Waals surface area contributed by atoms with E-state index in [0.29, 0.717) is 22.7 Å². The molecule has 6 heteroatoms. The van der Waals surface area contributed by atoms with Crippen LogP contribution in [0.15, 0.2) is 48.5 Å². The lowest BCUT2D eigenvalue weighted by Gasteiger charge is -2.08. The molecule has 118 valence electrons. The van der Waals surface area contributed by atoms with Gasteiger partial charge in [-0.15, -0.1) is 0 Å². The van der Waals surface area contributed by atoms with Gasteiger partial charge in [-0.2, -0.15) is 0 Å². The summed E-state index contributed by atoms with van der Waals surface area (Å²) in [4.78, 5) is 34.1. The van der Waals surface area contributed by atoms with Crippen LogP contribution in [0.1, 0.15) is 24.2 Å². The van der Waals surface area contributed by atoms with Crippen LogP contribution in [-0.4, -0.2) is 17.8 Å². The molecule has 0 aliphatic rings. The molecule has 0 radical (unpaired) electrons. The molecule has 0 saturated carbocycles. The highest BCUT2D eigenvalue weighted by molar-refractivity contribution is 6.04. The molecule has 0 heterocycles. The molecule has 0 fully saturated rings. The van der Waals surface area contributed by atoms with E-state index < -0.39 is 5.97 Å². The largest absolute Gasteiger partial charge is 0.427 e. The van der Waals surface area contributed by atoms with Crippen molar-refractivity contribution in [2.45, 2.75) is 13.8 Å². The first-order chi connectivity index (χ1) is 10.9. The van der Waals surface area contributed by atoms with Crippen LogP contribution in [0.3, 0.4) is 0 Å². The quantitative estimate of drug-likeness (QED) is 0.671. The molecule has 0 saturated heterocycles.